The van der Waals surface area contributed by atoms with Crippen molar-refractivity contribution in [3.8, 4) is 6.07 Å². The van der Waals surface area contributed by atoms with Gasteiger partial charge >= 0.3 is 0 Å². The summed E-state index contributed by atoms with van der Waals surface area (Å²) in [4.78, 5) is 12.0. The van der Waals surface area contributed by atoms with Crippen LogP contribution in [0.5, 0.6) is 0 Å². The second kappa shape index (κ2) is 4.98. The summed E-state index contributed by atoms with van der Waals surface area (Å²) in [5.41, 5.74) is -0.494. The molecule has 2 rings (SSSR count). The van der Waals surface area contributed by atoms with Crippen molar-refractivity contribution in [3.63, 3.8) is 0 Å². The SMILES string of the molecule is N#Cc1c(F)ccc([N+](=O)[O-])c1N1CCOCC1. The molecule has 0 radical (unpaired) electrons. The van der Waals surface area contributed by atoms with Crippen LogP contribution in [-0.2, 0) is 4.74 Å². The highest BCUT2D eigenvalue weighted by Crippen LogP contribution is 2.33. The summed E-state index contributed by atoms with van der Waals surface area (Å²) in [5, 5.41) is 19.9. The van der Waals surface area contributed by atoms with E-state index in [1.54, 1.807) is 11.0 Å². The number of morpholine rings is 1. The zero-order valence-electron chi connectivity index (χ0n) is 9.43. The molecule has 1 aliphatic heterocycles. The van der Waals surface area contributed by atoms with Crippen LogP contribution in [-0.4, -0.2) is 31.2 Å². The van der Waals surface area contributed by atoms with Gasteiger partial charge in [-0.15, -0.1) is 0 Å². The van der Waals surface area contributed by atoms with Gasteiger partial charge in [-0.1, -0.05) is 0 Å². The average Bonchev–Trinajstić information content (AvgIpc) is 2.39. The Hall–Kier alpha value is -2.20. The van der Waals surface area contributed by atoms with E-state index in [1.165, 1.54) is 0 Å². The standard InChI is InChI=1S/C11H10FN3O3/c12-9-1-2-10(15(16)17)11(8(9)7-13)14-3-5-18-6-4-14/h1-2H,3-6H2. The molecule has 0 aliphatic carbocycles. The first-order valence-corrected chi connectivity index (χ1v) is 5.35. The Labute approximate surface area is 102 Å². The molecule has 0 unspecified atom stereocenters. The van der Waals surface area contributed by atoms with Crippen LogP contribution in [0.15, 0.2) is 12.1 Å². The van der Waals surface area contributed by atoms with Gasteiger partial charge in [0.15, 0.2) is 0 Å². The molecule has 1 heterocycles. The summed E-state index contributed by atoms with van der Waals surface area (Å²) in [6.07, 6.45) is 0. The molecule has 0 saturated carbocycles. The second-order valence-electron chi connectivity index (χ2n) is 3.76. The molecular formula is C11H10FN3O3. The first-order valence-electron chi connectivity index (χ1n) is 5.35. The Morgan fingerprint density at radius 3 is 2.67 bits per heavy atom. The third kappa shape index (κ3) is 2.10. The Kier molecular flexibility index (Phi) is 3.39. The van der Waals surface area contributed by atoms with E-state index in [0.717, 1.165) is 12.1 Å². The van der Waals surface area contributed by atoms with Gasteiger partial charge in [0.25, 0.3) is 5.69 Å². The number of rotatable bonds is 2. The fourth-order valence-corrected chi connectivity index (χ4v) is 1.92. The van der Waals surface area contributed by atoms with E-state index in [9.17, 15) is 14.5 Å². The molecule has 1 aromatic carbocycles. The molecule has 1 aromatic rings. The fraction of sp³-hybridized carbons (Fsp3) is 0.364. The quantitative estimate of drug-likeness (QED) is 0.587. The first-order chi connectivity index (χ1) is 8.65. The highest BCUT2D eigenvalue weighted by molar-refractivity contribution is 5.72. The maximum atomic E-state index is 13.5. The van der Waals surface area contributed by atoms with Crippen molar-refractivity contribution < 1.29 is 14.1 Å². The van der Waals surface area contributed by atoms with E-state index in [-0.39, 0.29) is 16.9 Å². The molecule has 1 aliphatic rings. The first kappa shape index (κ1) is 12.3. The lowest BCUT2D eigenvalue weighted by Crippen LogP contribution is -2.37. The molecule has 1 fully saturated rings. The monoisotopic (exact) mass is 251 g/mol. The number of hydrogen-bond donors (Lipinski definition) is 0. The van der Waals surface area contributed by atoms with E-state index in [4.69, 9.17) is 10.00 Å². The lowest BCUT2D eigenvalue weighted by molar-refractivity contribution is -0.384. The Morgan fingerprint density at radius 1 is 1.44 bits per heavy atom. The Bertz CT molecular complexity index is 521. The largest absolute Gasteiger partial charge is 0.378 e. The minimum absolute atomic E-state index is 0.0470. The molecule has 7 heteroatoms. The van der Waals surface area contributed by atoms with E-state index in [0.29, 0.717) is 26.3 Å². The molecule has 6 nitrogen and oxygen atoms in total. The Balaban J connectivity index is 2.56. The van der Waals surface area contributed by atoms with Crippen LogP contribution in [0.3, 0.4) is 0 Å². The normalized spacial score (nSPS) is 15.2. The van der Waals surface area contributed by atoms with Gasteiger partial charge in [0.2, 0.25) is 0 Å². The second-order valence-corrected chi connectivity index (χ2v) is 3.76. The molecular weight excluding hydrogens is 241 g/mol. The van der Waals surface area contributed by atoms with Crippen LogP contribution in [0, 0.1) is 27.3 Å². The number of anilines is 1. The maximum absolute atomic E-state index is 13.5. The molecule has 0 amide bonds. The summed E-state index contributed by atoms with van der Waals surface area (Å²) >= 11 is 0. The molecule has 18 heavy (non-hydrogen) atoms. The number of ether oxygens (including phenoxy) is 1. The van der Waals surface area contributed by atoms with Crippen LogP contribution < -0.4 is 4.90 Å². The molecule has 94 valence electrons. The van der Waals surface area contributed by atoms with Gasteiger partial charge in [-0.05, 0) is 6.07 Å². The summed E-state index contributed by atoms with van der Waals surface area (Å²) in [6.45, 7) is 1.61. The van der Waals surface area contributed by atoms with Gasteiger partial charge in [0, 0.05) is 19.2 Å². The fourth-order valence-electron chi connectivity index (χ4n) is 1.92. The van der Waals surface area contributed by atoms with Crippen molar-refractivity contribution in [1.29, 1.82) is 5.26 Å². The smallest absolute Gasteiger partial charge is 0.294 e. The van der Waals surface area contributed by atoms with Gasteiger partial charge in [-0.25, -0.2) is 4.39 Å². The lowest BCUT2D eigenvalue weighted by atomic mass is 10.1. The van der Waals surface area contributed by atoms with Crippen LogP contribution in [0.25, 0.3) is 0 Å². The zero-order valence-corrected chi connectivity index (χ0v) is 9.43. The molecule has 0 aromatic heterocycles. The predicted octanol–water partition coefficient (Wildman–Crippen LogP) is 1.44. The van der Waals surface area contributed by atoms with E-state index in [2.05, 4.69) is 0 Å². The van der Waals surface area contributed by atoms with Crippen molar-refractivity contribution in [2.24, 2.45) is 0 Å². The molecule has 0 bridgehead atoms. The Morgan fingerprint density at radius 2 is 2.11 bits per heavy atom. The third-order valence-electron chi connectivity index (χ3n) is 2.74. The van der Waals surface area contributed by atoms with Crippen molar-refractivity contribution in [3.05, 3.63) is 33.6 Å². The number of nitro groups is 1. The summed E-state index contributed by atoms with van der Waals surface area (Å²) in [6, 6.07) is 3.72. The highest BCUT2D eigenvalue weighted by atomic mass is 19.1. The number of hydrogen-bond acceptors (Lipinski definition) is 5. The third-order valence-corrected chi connectivity index (χ3v) is 2.74. The summed E-state index contributed by atoms with van der Waals surface area (Å²) in [5.74, 6) is -0.746. The number of nitrogens with zero attached hydrogens (tertiary/aromatic N) is 3. The van der Waals surface area contributed by atoms with E-state index in [1.807, 2.05) is 0 Å². The predicted molar refractivity (Wildman–Crippen MR) is 60.8 cm³/mol. The van der Waals surface area contributed by atoms with Crippen molar-refractivity contribution >= 4 is 11.4 Å². The number of nitro benzene ring substituents is 1. The summed E-state index contributed by atoms with van der Waals surface area (Å²) in [7, 11) is 0. The lowest BCUT2D eigenvalue weighted by Gasteiger charge is -2.29. The summed E-state index contributed by atoms with van der Waals surface area (Å²) < 4.78 is 18.7. The zero-order chi connectivity index (χ0) is 13.1. The maximum Gasteiger partial charge on any atom is 0.294 e. The van der Waals surface area contributed by atoms with Crippen LogP contribution in [0.4, 0.5) is 15.8 Å². The minimum Gasteiger partial charge on any atom is -0.378 e. The van der Waals surface area contributed by atoms with Crippen molar-refractivity contribution in [2.75, 3.05) is 31.2 Å². The average molecular weight is 251 g/mol. The molecule has 0 spiro atoms. The topological polar surface area (TPSA) is 79.4 Å². The highest BCUT2D eigenvalue weighted by Gasteiger charge is 2.27. The number of halogens is 1. The van der Waals surface area contributed by atoms with Crippen molar-refractivity contribution in [1.82, 2.24) is 0 Å². The number of nitriles is 1. The van der Waals surface area contributed by atoms with Gasteiger partial charge in [0.1, 0.15) is 23.1 Å². The van der Waals surface area contributed by atoms with Crippen LogP contribution >= 0.6 is 0 Å². The van der Waals surface area contributed by atoms with E-state index >= 15 is 0 Å². The molecule has 0 atom stereocenters. The van der Waals surface area contributed by atoms with Gasteiger partial charge in [-0.2, -0.15) is 5.26 Å². The van der Waals surface area contributed by atoms with Gasteiger partial charge < -0.3 is 9.64 Å². The minimum atomic E-state index is -0.746. The number of benzene rings is 1. The van der Waals surface area contributed by atoms with Gasteiger partial charge in [-0.3, -0.25) is 10.1 Å². The molecule has 1 saturated heterocycles. The molecule has 0 N–H and O–H groups in total. The van der Waals surface area contributed by atoms with Crippen LogP contribution in [0.1, 0.15) is 5.56 Å². The van der Waals surface area contributed by atoms with E-state index < -0.39 is 10.7 Å². The van der Waals surface area contributed by atoms with Gasteiger partial charge in [0.05, 0.1) is 18.1 Å². The van der Waals surface area contributed by atoms with Crippen molar-refractivity contribution in [2.45, 2.75) is 0 Å². The van der Waals surface area contributed by atoms with Crippen LogP contribution in [0.2, 0.25) is 0 Å².